The molecule has 4 rings (SSSR count). The van der Waals surface area contributed by atoms with Gasteiger partial charge in [-0.2, -0.15) is 5.10 Å². The van der Waals surface area contributed by atoms with Crippen LogP contribution < -0.4 is 5.32 Å². The predicted molar refractivity (Wildman–Crippen MR) is 127 cm³/mol. The Bertz CT molecular complexity index is 1090. The fourth-order valence-corrected chi connectivity index (χ4v) is 4.90. The average molecular weight is 467 g/mol. The summed E-state index contributed by atoms with van der Waals surface area (Å²) < 4.78 is 6.55. The molecule has 2 aromatic rings. The first-order chi connectivity index (χ1) is 16.2. The van der Waals surface area contributed by atoms with E-state index in [9.17, 15) is 14.4 Å². The highest BCUT2D eigenvalue weighted by molar-refractivity contribution is 6.01. The number of amides is 2. The standard InChI is InChI=1S/C26H34N4O4/c1-5-34-24(32)21-14-22-23(31)29(15-19-9-7-6-8-18(19)3)26(4,16-30(22)28-21)25(33)27-20-12-10-17(2)11-13-20/h6-9,14,17,20H,5,10-13,15-16H2,1-4H3,(H,27,33)/t17?,20?,26-/m0/s1. The number of fused-ring (bicyclic) bond motifs is 1. The molecule has 0 radical (unpaired) electrons. The summed E-state index contributed by atoms with van der Waals surface area (Å²) in [6.07, 6.45) is 4.04. The molecule has 2 amide bonds. The zero-order valence-corrected chi connectivity index (χ0v) is 20.5. The number of aryl methyl sites for hydroxylation is 1. The number of nitrogens with zero attached hydrogens (tertiary/aromatic N) is 3. The summed E-state index contributed by atoms with van der Waals surface area (Å²) in [5, 5.41) is 7.54. The summed E-state index contributed by atoms with van der Waals surface area (Å²) in [5.74, 6) is -0.420. The van der Waals surface area contributed by atoms with E-state index in [0.717, 1.165) is 36.8 Å². The zero-order chi connectivity index (χ0) is 24.5. The molecule has 1 fully saturated rings. The molecule has 0 unspecified atom stereocenters. The quantitative estimate of drug-likeness (QED) is 0.658. The van der Waals surface area contributed by atoms with Crippen molar-refractivity contribution in [3.63, 3.8) is 0 Å². The fourth-order valence-electron chi connectivity index (χ4n) is 4.90. The van der Waals surface area contributed by atoms with Gasteiger partial charge in [0.2, 0.25) is 5.91 Å². The van der Waals surface area contributed by atoms with Gasteiger partial charge < -0.3 is 15.0 Å². The third kappa shape index (κ3) is 4.58. The van der Waals surface area contributed by atoms with Crippen LogP contribution in [-0.2, 0) is 22.6 Å². The van der Waals surface area contributed by atoms with Crippen molar-refractivity contribution >= 4 is 17.8 Å². The molecule has 1 atom stereocenters. The van der Waals surface area contributed by atoms with E-state index < -0.39 is 11.5 Å². The maximum atomic E-state index is 13.7. The largest absolute Gasteiger partial charge is 0.461 e. The lowest BCUT2D eigenvalue weighted by Gasteiger charge is -2.44. The van der Waals surface area contributed by atoms with Gasteiger partial charge in [0.15, 0.2) is 5.69 Å². The van der Waals surface area contributed by atoms with E-state index in [2.05, 4.69) is 17.3 Å². The summed E-state index contributed by atoms with van der Waals surface area (Å²) in [7, 11) is 0. The Balaban J connectivity index is 1.68. The number of esters is 1. The van der Waals surface area contributed by atoms with Crippen molar-refractivity contribution in [1.82, 2.24) is 20.0 Å². The van der Waals surface area contributed by atoms with Crippen molar-refractivity contribution in [1.29, 1.82) is 0 Å². The minimum atomic E-state index is -1.16. The Morgan fingerprint density at radius 3 is 2.59 bits per heavy atom. The molecule has 1 aromatic heterocycles. The second kappa shape index (κ2) is 9.60. The van der Waals surface area contributed by atoms with Gasteiger partial charge in [0.1, 0.15) is 11.2 Å². The first kappa shape index (κ1) is 24.0. The Morgan fingerprint density at radius 2 is 1.91 bits per heavy atom. The van der Waals surface area contributed by atoms with E-state index in [-0.39, 0.29) is 48.9 Å². The molecule has 1 aliphatic carbocycles. The molecule has 2 heterocycles. The van der Waals surface area contributed by atoms with Crippen LogP contribution in [0.25, 0.3) is 0 Å². The molecule has 1 N–H and O–H groups in total. The maximum Gasteiger partial charge on any atom is 0.358 e. The minimum absolute atomic E-state index is 0.0759. The highest BCUT2D eigenvalue weighted by atomic mass is 16.5. The molecule has 0 saturated heterocycles. The van der Waals surface area contributed by atoms with Crippen LogP contribution in [-0.4, -0.2) is 50.7 Å². The Hall–Kier alpha value is -3.16. The van der Waals surface area contributed by atoms with Gasteiger partial charge in [-0.25, -0.2) is 4.79 Å². The van der Waals surface area contributed by atoms with E-state index in [1.54, 1.807) is 18.7 Å². The third-order valence-electron chi connectivity index (χ3n) is 7.21. The van der Waals surface area contributed by atoms with Crippen LogP contribution in [0.3, 0.4) is 0 Å². The molecule has 1 saturated carbocycles. The monoisotopic (exact) mass is 466 g/mol. The van der Waals surface area contributed by atoms with Crippen LogP contribution in [0.5, 0.6) is 0 Å². The highest BCUT2D eigenvalue weighted by Gasteiger charge is 2.48. The van der Waals surface area contributed by atoms with E-state index in [1.807, 2.05) is 31.2 Å². The number of ether oxygens (including phenoxy) is 1. The Morgan fingerprint density at radius 1 is 1.21 bits per heavy atom. The van der Waals surface area contributed by atoms with Gasteiger partial charge in [-0.05, 0) is 63.5 Å². The molecular formula is C26H34N4O4. The van der Waals surface area contributed by atoms with Crippen LogP contribution in [0.2, 0.25) is 0 Å². The second-order valence-electron chi connectivity index (χ2n) is 9.81. The van der Waals surface area contributed by atoms with Crippen LogP contribution in [0.4, 0.5) is 0 Å². The molecule has 8 heteroatoms. The molecule has 1 aliphatic heterocycles. The van der Waals surface area contributed by atoms with Crippen LogP contribution >= 0.6 is 0 Å². The number of hydrogen-bond acceptors (Lipinski definition) is 5. The van der Waals surface area contributed by atoms with E-state index in [4.69, 9.17) is 4.74 Å². The summed E-state index contributed by atoms with van der Waals surface area (Å²) in [5.41, 5.74) is 1.22. The van der Waals surface area contributed by atoms with Gasteiger partial charge >= 0.3 is 5.97 Å². The van der Waals surface area contributed by atoms with Crippen molar-refractivity contribution in [3.8, 4) is 0 Å². The average Bonchev–Trinajstić information content (AvgIpc) is 3.23. The Kier molecular flexibility index (Phi) is 6.77. The summed E-state index contributed by atoms with van der Waals surface area (Å²) >= 11 is 0. The molecule has 34 heavy (non-hydrogen) atoms. The summed E-state index contributed by atoms with van der Waals surface area (Å²) in [4.78, 5) is 41.3. The zero-order valence-electron chi connectivity index (χ0n) is 20.5. The van der Waals surface area contributed by atoms with E-state index >= 15 is 0 Å². The third-order valence-corrected chi connectivity index (χ3v) is 7.21. The first-order valence-electron chi connectivity index (χ1n) is 12.1. The van der Waals surface area contributed by atoms with Crippen molar-refractivity contribution in [2.24, 2.45) is 5.92 Å². The lowest BCUT2D eigenvalue weighted by molar-refractivity contribution is -0.134. The van der Waals surface area contributed by atoms with Gasteiger partial charge in [-0.3, -0.25) is 14.3 Å². The molecule has 8 nitrogen and oxygen atoms in total. The number of benzene rings is 1. The highest BCUT2D eigenvalue weighted by Crippen LogP contribution is 2.31. The summed E-state index contributed by atoms with van der Waals surface area (Å²) in [6.45, 7) is 8.41. The van der Waals surface area contributed by atoms with Gasteiger partial charge in [0, 0.05) is 18.7 Å². The number of nitrogens with one attached hydrogen (secondary N) is 1. The van der Waals surface area contributed by atoms with Gasteiger partial charge in [0.05, 0.1) is 13.2 Å². The fraction of sp³-hybridized carbons (Fsp3) is 0.538. The van der Waals surface area contributed by atoms with Crippen LogP contribution in [0.15, 0.2) is 30.3 Å². The van der Waals surface area contributed by atoms with E-state index in [1.165, 1.54) is 10.7 Å². The van der Waals surface area contributed by atoms with Gasteiger partial charge in [-0.1, -0.05) is 31.2 Å². The lowest BCUT2D eigenvalue weighted by atomic mass is 9.86. The van der Waals surface area contributed by atoms with Gasteiger partial charge in [0.25, 0.3) is 5.91 Å². The number of hydrogen-bond donors (Lipinski definition) is 1. The molecule has 182 valence electrons. The number of carbonyl (C=O) groups excluding carboxylic acids is 3. The van der Waals surface area contributed by atoms with Gasteiger partial charge in [-0.15, -0.1) is 0 Å². The maximum absolute atomic E-state index is 13.7. The van der Waals surface area contributed by atoms with Crippen molar-refractivity contribution < 1.29 is 19.1 Å². The number of rotatable bonds is 6. The SMILES string of the molecule is CCOC(=O)c1cc2n(n1)C[C@@](C)(C(=O)NC1CCC(C)CC1)N(Cc1ccccc1C)C2=O. The minimum Gasteiger partial charge on any atom is -0.461 e. The molecule has 2 aliphatic rings. The Labute approximate surface area is 200 Å². The first-order valence-corrected chi connectivity index (χ1v) is 12.1. The molecule has 0 spiro atoms. The number of aromatic nitrogens is 2. The predicted octanol–water partition coefficient (Wildman–Crippen LogP) is 3.48. The molecule has 0 bridgehead atoms. The van der Waals surface area contributed by atoms with Crippen molar-refractivity contribution in [3.05, 3.63) is 52.8 Å². The van der Waals surface area contributed by atoms with Crippen LogP contribution in [0.1, 0.15) is 78.6 Å². The topological polar surface area (TPSA) is 93.5 Å². The van der Waals surface area contributed by atoms with E-state index in [0.29, 0.717) is 5.92 Å². The van der Waals surface area contributed by atoms with Crippen LogP contribution in [0, 0.1) is 12.8 Å². The lowest BCUT2D eigenvalue weighted by Crippen LogP contribution is -2.64. The number of carbonyl (C=O) groups is 3. The summed E-state index contributed by atoms with van der Waals surface area (Å²) in [6, 6.07) is 9.41. The smallest absolute Gasteiger partial charge is 0.358 e. The normalized spacial score (nSPS) is 24.5. The van der Waals surface area contributed by atoms with Crippen molar-refractivity contribution in [2.75, 3.05) is 6.61 Å². The second-order valence-corrected chi connectivity index (χ2v) is 9.81. The molecular weight excluding hydrogens is 432 g/mol. The van der Waals surface area contributed by atoms with Crippen molar-refractivity contribution in [2.45, 2.75) is 78.0 Å². The molecule has 1 aromatic carbocycles.